The zero-order valence-electron chi connectivity index (χ0n) is 8.63. The summed E-state index contributed by atoms with van der Waals surface area (Å²) in [7, 11) is 0. The van der Waals surface area contributed by atoms with Crippen molar-refractivity contribution in [2.45, 2.75) is 40.5 Å². The van der Waals surface area contributed by atoms with E-state index in [-0.39, 0.29) is 23.6 Å². The van der Waals surface area contributed by atoms with Crippen molar-refractivity contribution in [3.63, 3.8) is 0 Å². The van der Waals surface area contributed by atoms with Gasteiger partial charge in [-0.05, 0) is 24.4 Å². The minimum absolute atomic E-state index is 0. The normalized spacial score (nSPS) is 6.15. The maximum Gasteiger partial charge on any atom is 0.156 e. The summed E-state index contributed by atoms with van der Waals surface area (Å²) in [4.78, 5) is 0. The highest BCUT2D eigenvalue weighted by Crippen LogP contribution is 1.74. The van der Waals surface area contributed by atoms with Crippen molar-refractivity contribution in [3.05, 3.63) is 0 Å². The van der Waals surface area contributed by atoms with Gasteiger partial charge >= 0.3 is 0 Å². The van der Waals surface area contributed by atoms with Gasteiger partial charge in [-0.3, -0.25) is 0 Å². The van der Waals surface area contributed by atoms with Crippen LogP contribution in [0.15, 0.2) is 0 Å². The lowest BCUT2D eigenvalue weighted by Crippen LogP contribution is -1.82. The Kier molecular flexibility index (Phi) is 40.5. The molecule has 0 fully saturated rings. The molecule has 82 valence electrons. The summed E-state index contributed by atoms with van der Waals surface area (Å²) in [6.07, 6.45) is 1.19. The van der Waals surface area contributed by atoms with E-state index in [2.05, 4.69) is 24.4 Å². The first-order valence-corrected chi connectivity index (χ1v) is 4.79. The molecule has 0 amide bonds. The number of thiocarbonyl (C=S) groups is 2. The van der Waals surface area contributed by atoms with E-state index in [1.165, 1.54) is 0 Å². The molecule has 0 heterocycles. The Labute approximate surface area is 98.8 Å². The Hall–Kier alpha value is 0.130. The molecule has 2 N–H and O–H groups in total. The SMILES string of the molecule is CC.CCC(O)=S.CCC(O)=S.S. The Balaban J connectivity index is -0.0000000491. The maximum absolute atomic E-state index is 8.09. The summed E-state index contributed by atoms with van der Waals surface area (Å²) in [5, 5.41) is 16.4. The van der Waals surface area contributed by atoms with Crippen LogP contribution in [0.4, 0.5) is 0 Å². The van der Waals surface area contributed by atoms with Crippen LogP contribution in [0.5, 0.6) is 0 Å². The molecule has 2 nitrogen and oxygen atoms in total. The van der Waals surface area contributed by atoms with Crippen molar-refractivity contribution in [1.82, 2.24) is 0 Å². The van der Waals surface area contributed by atoms with Crippen molar-refractivity contribution < 1.29 is 10.2 Å². The van der Waals surface area contributed by atoms with Gasteiger partial charge in [0.2, 0.25) is 0 Å². The molecule has 0 aliphatic rings. The Morgan fingerprint density at radius 3 is 1.00 bits per heavy atom. The van der Waals surface area contributed by atoms with Crippen molar-refractivity contribution in [1.29, 1.82) is 0 Å². The lowest BCUT2D eigenvalue weighted by molar-refractivity contribution is 0.552. The standard InChI is InChI=1S/2C3H6OS.C2H6.H2S/c2*1-2-3(4)5;1-2;/h2*2H2,1H3,(H,4,5);1-2H3;1H2. The molecule has 0 unspecified atom stereocenters. The quantitative estimate of drug-likeness (QED) is 0.727. The van der Waals surface area contributed by atoms with Crippen LogP contribution < -0.4 is 0 Å². The van der Waals surface area contributed by atoms with Gasteiger partial charge in [-0.2, -0.15) is 13.5 Å². The van der Waals surface area contributed by atoms with Crippen LogP contribution in [-0.4, -0.2) is 20.3 Å². The lowest BCUT2D eigenvalue weighted by atomic mass is 10.5. The predicted octanol–water partition coefficient (Wildman–Crippen LogP) is 3.70. The zero-order chi connectivity index (χ0) is 10.6. The average Bonchev–Trinajstić information content (AvgIpc) is 2.09. The molecule has 0 rings (SSSR count). The molecule has 0 saturated carbocycles. The summed E-state index contributed by atoms with van der Waals surface area (Å²) in [6.45, 7) is 7.62. The van der Waals surface area contributed by atoms with Crippen molar-refractivity contribution in [3.8, 4) is 0 Å². The fourth-order valence-corrected chi connectivity index (χ4v) is 0. The minimum Gasteiger partial charge on any atom is -0.502 e. The third kappa shape index (κ3) is 73.0. The van der Waals surface area contributed by atoms with E-state index in [0.29, 0.717) is 12.8 Å². The highest BCUT2D eigenvalue weighted by atomic mass is 32.1. The first-order chi connectivity index (χ1) is 5.54. The Morgan fingerprint density at radius 1 is 0.923 bits per heavy atom. The smallest absolute Gasteiger partial charge is 0.156 e. The van der Waals surface area contributed by atoms with Gasteiger partial charge in [0.05, 0.1) is 0 Å². The van der Waals surface area contributed by atoms with Crippen molar-refractivity contribution in [2.75, 3.05) is 0 Å². The Bertz CT molecular complexity index is 102. The summed E-state index contributed by atoms with van der Waals surface area (Å²) in [5.74, 6) is 0. The van der Waals surface area contributed by atoms with E-state index in [0.717, 1.165) is 0 Å². The van der Waals surface area contributed by atoms with Crippen molar-refractivity contribution in [2.24, 2.45) is 0 Å². The monoisotopic (exact) mass is 244 g/mol. The van der Waals surface area contributed by atoms with E-state index in [1.54, 1.807) is 0 Å². The first kappa shape index (κ1) is 23.2. The largest absolute Gasteiger partial charge is 0.502 e. The molecule has 0 bridgehead atoms. The van der Waals surface area contributed by atoms with Gasteiger partial charge < -0.3 is 10.2 Å². The number of aliphatic hydroxyl groups excluding tert-OH is 2. The second-order valence-corrected chi connectivity index (χ2v) is 2.44. The molecule has 0 aromatic carbocycles. The molecule has 13 heavy (non-hydrogen) atoms. The van der Waals surface area contributed by atoms with Gasteiger partial charge in [-0.25, -0.2) is 0 Å². The molecule has 0 spiro atoms. The van der Waals surface area contributed by atoms with Crippen LogP contribution in [0.25, 0.3) is 0 Å². The summed E-state index contributed by atoms with van der Waals surface area (Å²) >= 11 is 8.50. The summed E-state index contributed by atoms with van der Waals surface area (Å²) in [6, 6.07) is 0. The second-order valence-electron chi connectivity index (χ2n) is 1.49. The van der Waals surface area contributed by atoms with Gasteiger partial charge in [-0.15, -0.1) is 0 Å². The molecule has 5 heteroatoms. The van der Waals surface area contributed by atoms with Crippen LogP contribution in [0.3, 0.4) is 0 Å². The molecule has 0 aliphatic heterocycles. The van der Waals surface area contributed by atoms with Crippen LogP contribution in [-0.2, 0) is 0 Å². The van der Waals surface area contributed by atoms with E-state index in [9.17, 15) is 0 Å². The van der Waals surface area contributed by atoms with Gasteiger partial charge in [-0.1, -0.05) is 27.7 Å². The molecule has 0 aromatic heterocycles. The van der Waals surface area contributed by atoms with Gasteiger partial charge in [0.1, 0.15) is 0 Å². The second kappa shape index (κ2) is 22.7. The fourth-order valence-electron chi connectivity index (χ4n) is 0. The van der Waals surface area contributed by atoms with Crippen LogP contribution in [0, 0.1) is 0 Å². The molecular formula is C8H20O2S3. The first-order valence-electron chi connectivity index (χ1n) is 3.98. The number of aliphatic hydroxyl groups is 2. The van der Waals surface area contributed by atoms with Crippen LogP contribution in [0.1, 0.15) is 40.5 Å². The highest BCUT2D eigenvalue weighted by Gasteiger charge is 1.74. The Morgan fingerprint density at radius 2 is 1.00 bits per heavy atom. The molecular weight excluding hydrogens is 224 g/mol. The van der Waals surface area contributed by atoms with Crippen LogP contribution >= 0.6 is 37.9 Å². The van der Waals surface area contributed by atoms with E-state index >= 15 is 0 Å². The van der Waals surface area contributed by atoms with E-state index in [4.69, 9.17) is 10.2 Å². The van der Waals surface area contributed by atoms with Gasteiger partial charge in [0.25, 0.3) is 0 Å². The topological polar surface area (TPSA) is 40.5 Å². The fraction of sp³-hybridized carbons (Fsp3) is 0.750. The van der Waals surface area contributed by atoms with Crippen molar-refractivity contribution >= 4 is 48.0 Å². The zero-order valence-corrected chi connectivity index (χ0v) is 11.3. The molecule has 0 radical (unpaired) electrons. The van der Waals surface area contributed by atoms with E-state index < -0.39 is 0 Å². The van der Waals surface area contributed by atoms with Crippen LogP contribution in [0.2, 0.25) is 0 Å². The molecule has 0 aliphatic carbocycles. The molecule has 0 saturated heterocycles. The third-order valence-electron chi connectivity index (χ3n) is 0.605. The average molecular weight is 244 g/mol. The van der Waals surface area contributed by atoms with Gasteiger partial charge in [0.15, 0.2) is 10.1 Å². The maximum atomic E-state index is 8.09. The predicted molar refractivity (Wildman–Crippen MR) is 72.8 cm³/mol. The minimum atomic E-state index is 0. The highest BCUT2D eigenvalue weighted by molar-refractivity contribution is 7.80. The van der Waals surface area contributed by atoms with Gasteiger partial charge in [0, 0.05) is 12.8 Å². The number of rotatable bonds is 2. The summed E-state index contributed by atoms with van der Waals surface area (Å²) < 4.78 is 0. The molecule has 0 aromatic rings. The molecule has 0 atom stereocenters. The third-order valence-corrected chi connectivity index (χ3v) is 1.18. The number of hydrogen-bond acceptors (Lipinski definition) is 2. The number of hydrogen-bond donors (Lipinski definition) is 2. The lowest BCUT2D eigenvalue weighted by Gasteiger charge is -1.76. The van der Waals surface area contributed by atoms with E-state index in [1.807, 2.05) is 27.7 Å². The summed E-state index contributed by atoms with van der Waals surface area (Å²) in [5.41, 5.74) is 0.